The van der Waals surface area contributed by atoms with Gasteiger partial charge >= 0.3 is 5.69 Å². The number of nitrogens with zero attached hydrogens (tertiary/aromatic N) is 1. The van der Waals surface area contributed by atoms with Crippen LogP contribution in [-0.4, -0.2) is 29.4 Å². The minimum Gasteiger partial charge on any atom is -0.352 e. The summed E-state index contributed by atoms with van der Waals surface area (Å²) in [7, 11) is 0. The van der Waals surface area contributed by atoms with Gasteiger partial charge in [-0.3, -0.25) is 14.9 Å². The molecule has 0 aliphatic rings. The monoisotopic (exact) mass is 304 g/mol. The minimum absolute atomic E-state index is 0.265. The number of rotatable bonds is 7. The van der Waals surface area contributed by atoms with Crippen LogP contribution in [0.5, 0.6) is 0 Å². The Morgan fingerprint density at radius 2 is 2.10 bits per heavy atom. The molecule has 8 heteroatoms. The summed E-state index contributed by atoms with van der Waals surface area (Å²) >= 11 is 1.66. The maximum atomic E-state index is 13.7. The highest BCUT2D eigenvalue weighted by molar-refractivity contribution is 7.98. The molecule has 1 aromatic rings. The summed E-state index contributed by atoms with van der Waals surface area (Å²) in [6.07, 6.45) is 3.48. The van der Waals surface area contributed by atoms with Gasteiger partial charge in [-0.1, -0.05) is 0 Å². The molecule has 0 saturated heterocycles. The Morgan fingerprint density at radius 3 is 2.70 bits per heavy atom. The smallest absolute Gasteiger partial charge is 0.305 e. The van der Waals surface area contributed by atoms with Crippen molar-refractivity contribution in [3.05, 3.63) is 39.4 Å². The van der Waals surface area contributed by atoms with Crippen molar-refractivity contribution in [3.8, 4) is 0 Å². The first-order valence-corrected chi connectivity index (χ1v) is 7.28. The van der Waals surface area contributed by atoms with E-state index in [1.54, 1.807) is 11.8 Å². The molecule has 1 N–H and O–H groups in total. The van der Waals surface area contributed by atoms with Crippen LogP contribution in [0, 0.1) is 21.7 Å². The molecule has 0 aromatic heterocycles. The molecule has 0 spiro atoms. The summed E-state index contributed by atoms with van der Waals surface area (Å²) in [6.45, 7) is 0.265. The van der Waals surface area contributed by atoms with Gasteiger partial charge in [-0.05, 0) is 30.9 Å². The third-order valence-corrected chi connectivity index (χ3v) is 3.25. The lowest BCUT2D eigenvalue weighted by molar-refractivity contribution is -0.387. The zero-order valence-corrected chi connectivity index (χ0v) is 11.6. The number of hydrogen-bond acceptors (Lipinski definition) is 4. The van der Waals surface area contributed by atoms with Crippen LogP contribution in [0.3, 0.4) is 0 Å². The average Bonchev–Trinajstić information content (AvgIpc) is 2.38. The summed E-state index contributed by atoms with van der Waals surface area (Å²) in [5, 5.41) is 12.9. The molecule has 5 nitrogen and oxygen atoms in total. The Bertz CT molecular complexity index is 512. The quantitative estimate of drug-likeness (QED) is 0.477. The van der Waals surface area contributed by atoms with Crippen molar-refractivity contribution in [2.24, 2.45) is 0 Å². The highest BCUT2D eigenvalue weighted by atomic mass is 32.2. The van der Waals surface area contributed by atoms with Gasteiger partial charge in [-0.25, -0.2) is 4.39 Å². The molecule has 0 radical (unpaired) electrons. The summed E-state index contributed by atoms with van der Waals surface area (Å²) in [5.41, 5.74) is -1.83. The third-order valence-electron chi connectivity index (χ3n) is 2.56. The second-order valence-electron chi connectivity index (χ2n) is 3.97. The number of thioether (sulfide) groups is 1. The van der Waals surface area contributed by atoms with E-state index >= 15 is 0 Å². The second kappa shape index (κ2) is 7.78. The van der Waals surface area contributed by atoms with Crippen LogP contribution < -0.4 is 5.32 Å². The fourth-order valence-corrected chi connectivity index (χ4v) is 2.05. The highest BCUT2D eigenvalue weighted by Gasteiger charge is 2.25. The van der Waals surface area contributed by atoms with Crippen LogP contribution in [0.25, 0.3) is 0 Å². The number of nitro groups is 1. The van der Waals surface area contributed by atoms with Gasteiger partial charge in [0, 0.05) is 12.6 Å². The van der Waals surface area contributed by atoms with Gasteiger partial charge in [0.25, 0.3) is 5.91 Å². The maximum absolute atomic E-state index is 13.7. The largest absolute Gasteiger partial charge is 0.352 e. The van der Waals surface area contributed by atoms with E-state index in [-0.39, 0.29) is 6.54 Å². The zero-order valence-electron chi connectivity index (χ0n) is 10.8. The Balaban J connectivity index is 2.77. The molecule has 0 aliphatic carbocycles. The van der Waals surface area contributed by atoms with E-state index in [1.165, 1.54) is 0 Å². The van der Waals surface area contributed by atoms with E-state index in [9.17, 15) is 23.7 Å². The van der Waals surface area contributed by atoms with Gasteiger partial charge in [0.15, 0.2) is 0 Å². The van der Waals surface area contributed by atoms with Gasteiger partial charge in [0.2, 0.25) is 5.82 Å². The van der Waals surface area contributed by atoms with Crippen molar-refractivity contribution in [3.63, 3.8) is 0 Å². The van der Waals surface area contributed by atoms with Crippen LogP contribution in [0.15, 0.2) is 12.1 Å². The first kappa shape index (κ1) is 16.4. The molecule has 110 valence electrons. The van der Waals surface area contributed by atoms with Crippen LogP contribution >= 0.6 is 11.8 Å². The molecule has 0 bridgehead atoms. The fourth-order valence-electron chi connectivity index (χ4n) is 1.55. The zero-order chi connectivity index (χ0) is 15.1. The topological polar surface area (TPSA) is 72.2 Å². The van der Waals surface area contributed by atoms with Crippen LogP contribution in [0.2, 0.25) is 0 Å². The first-order chi connectivity index (χ1) is 9.49. The molecule has 1 aromatic carbocycles. The molecule has 0 heterocycles. The van der Waals surface area contributed by atoms with Crippen molar-refractivity contribution < 1.29 is 18.5 Å². The lowest BCUT2D eigenvalue weighted by atomic mass is 10.1. The summed E-state index contributed by atoms with van der Waals surface area (Å²) in [5.74, 6) is -2.62. The SMILES string of the molecule is CSCCCCNC(=O)c1c(F)ccc([N+](=O)[O-])c1F. The molecule has 20 heavy (non-hydrogen) atoms. The number of nitrogens with one attached hydrogen (secondary N) is 1. The molecule has 1 amide bonds. The van der Waals surface area contributed by atoms with Crippen molar-refractivity contribution in [1.82, 2.24) is 5.32 Å². The van der Waals surface area contributed by atoms with E-state index in [0.717, 1.165) is 12.2 Å². The van der Waals surface area contributed by atoms with Gasteiger partial charge in [-0.15, -0.1) is 0 Å². The molecule has 1 rings (SSSR count). The fraction of sp³-hybridized carbons (Fsp3) is 0.417. The van der Waals surface area contributed by atoms with Gasteiger partial charge in [0.05, 0.1) is 4.92 Å². The van der Waals surface area contributed by atoms with Gasteiger partial charge in [0.1, 0.15) is 11.4 Å². The first-order valence-electron chi connectivity index (χ1n) is 5.88. The Kier molecular flexibility index (Phi) is 6.37. The molecular weight excluding hydrogens is 290 g/mol. The molecular formula is C12H14F2N2O3S. The standard InChI is InChI=1S/C12H14F2N2O3S/c1-20-7-3-2-6-15-12(17)10-8(13)4-5-9(11(10)14)16(18)19/h4-5H,2-3,6-7H2,1H3,(H,15,17). The number of benzene rings is 1. The number of unbranched alkanes of at least 4 members (excludes halogenated alkanes) is 1. The predicted molar refractivity (Wildman–Crippen MR) is 73.0 cm³/mol. The molecule has 0 saturated carbocycles. The number of hydrogen-bond donors (Lipinski definition) is 1. The lowest BCUT2D eigenvalue weighted by Crippen LogP contribution is -2.26. The van der Waals surface area contributed by atoms with Gasteiger partial charge < -0.3 is 5.32 Å². The van der Waals surface area contributed by atoms with Crippen LogP contribution in [0.4, 0.5) is 14.5 Å². The van der Waals surface area contributed by atoms with Crippen molar-refractivity contribution >= 4 is 23.4 Å². The number of carbonyl (C=O) groups excluding carboxylic acids is 1. The normalized spacial score (nSPS) is 10.3. The summed E-state index contributed by atoms with van der Waals surface area (Å²) in [4.78, 5) is 21.2. The molecule has 0 atom stereocenters. The Hall–Kier alpha value is -1.70. The summed E-state index contributed by atoms with van der Waals surface area (Å²) < 4.78 is 27.2. The second-order valence-corrected chi connectivity index (χ2v) is 4.95. The maximum Gasteiger partial charge on any atom is 0.305 e. The predicted octanol–water partition coefficient (Wildman–Crippen LogP) is 2.75. The van der Waals surface area contributed by atoms with Crippen molar-refractivity contribution in [2.45, 2.75) is 12.8 Å². The van der Waals surface area contributed by atoms with Crippen molar-refractivity contribution in [1.29, 1.82) is 0 Å². The third kappa shape index (κ3) is 4.16. The molecule has 0 fully saturated rings. The van der Waals surface area contributed by atoms with E-state index in [4.69, 9.17) is 0 Å². The number of nitro benzene ring substituents is 1. The van der Waals surface area contributed by atoms with E-state index < -0.39 is 33.7 Å². The van der Waals surface area contributed by atoms with Crippen molar-refractivity contribution in [2.75, 3.05) is 18.6 Å². The summed E-state index contributed by atoms with van der Waals surface area (Å²) in [6, 6.07) is 1.41. The van der Waals surface area contributed by atoms with Crippen LogP contribution in [0.1, 0.15) is 23.2 Å². The van der Waals surface area contributed by atoms with E-state index in [2.05, 4.69) is 5.32 Å². The molecule has 0 aliphatic heterocycles. The number of carbonyl (C=O) groups is 1. The Morgan fingerprint density at radius 1 is 1.40 bits per heavy atom. The number of halogens is 2. The van der Waals surface area contributed by atoms with E-state index in [0.29, 0.717) is 18.6 Å². The number of amides is 1. The Labute approximate surface area is 118 Å². The molecule has 0 unspecified atom stereocenters. The van der Waals surface area contributed by atoms with E-state index in [1.807, 2.05) is 6.26 Å². The van der Waals surface area contributed by atoms with Crippen LogP contribution in [-0.2, 0) is 0 Å². The average molecular weight is 304 g/mol. The van der Waals surface area contributed by atoms with Gasteiger partial charge in [-0.2, -0.15) is 16.2 Å². The highest BCUT2D eigenvalue weighted by Crippen LogP contribution is 2.22. The lowest BCUT2D eigenvalue weighted by Gasteiger charge is -2.07. The minimum atomic E-state index is -1.45.